The van der Waals surface area contributed by atoms with E-state index in [4.69, 9.17) is 23.2 Å². The predicted octanol–water partition coefficient (Wildman–Crippen LogP) is 3.43. The fourth-order valence-electron chi connectivity index (χ4n) is 2.21. The first kappa shape index (κ1) is 12.7. The van der Waals surface area contributed by atoms with Crippen LogP contribution in [-0.2, 0) is 0 Å². The van der Waals surface area contributed by atoms with Gasteiger partial charge in [-0.05, 0) is 37.0 Å². The van der Waals surface area contributed by atoms with Crippen molar-refractivity contribution >= 4 is 29.1 Å². The topological polar surface area (TPSA) is 20.3 Å². The van der Waals surface area contributed by atoms with Crippen LogP contribution in [0.5, 0.6) is 0 Å². The van der Waals surface area contributed by atoms with Crippen LogP contribution in [0.25, 0.3) is 0 Å². The SMILES string of the molecule is O=C(c1cccc(Cl)c1)N1CCC(CCCl)C1. The van der Waals surface area contributed by atoms with E-state index in [1.165, 1.54) is 0 Å². The van der Waals surface area contributed by atoms with Crippen molar-refractivity contribution in [2.45, 2.75) is 12.8 Å². The van der Waals surface area contributed by atoms with E-state index in [0.29, 0.717) is 22.4 Å². The zero-order valence-electron chi connectivity index (χ0n) is 9.53. The van der Waals surface area contributed by atoms with E-state index in [9.17, 15) is 4.79 Å². The second-order valence-electron chi connectivity index (χ2n) is 4.39. The average Bonchev–Trinajstić information content (AvgIpc) is 2.77. The molecular weight excluding hydrogens is 257 g/mol. The zero-order valence-corrected chi connectivity index (χ0v) is 11.0. The third kappa shape index (κ3) is 3.14. The van der Waals surface area contributed by atoms with Crippen LogP contribution in [-0.4, -0.2) is 29.8 Å². The Bertz CT molecular complexity index is 408. The molecule has 1 aromatic carbocycles. The van der Waals surface area contributed by atoms with Crippen molar-refractivity contribution in [2.75, 3.05) is 19.0 Å². The van der Waals surface area contributed by atoms with Gasteiger partial charge in [0.1, 0.15) is 0 Å². The van der Waals surface area contributed by atoms with E-state index < -0.39 is 0 Å². The van der Waals surface area contributed by atoms with Gasteiger partial charge in [0.2, 0.25) is 0 Å². The maximum atomic E-state index is 12.2. The highest BCUT2D eigenvalue weighted by Gasteiger charge is 2.26. The van der Waals surface area contributed by atoms with Gasteiger partial charge in [-0.25, -0.2) is 0 Å². The number of amides is 1. The Morgan fingerprint density at radius 2 is 2.29 bits per heavy atom. The summed E-state index contributed by atoms with van der Waals surface area (Å²) < 4.78 is 0. The van der Waals surface area contributed by atoms with Gasteiger partial charge in [-0.1, -0.05) is 17.7 Å². The number of alkyl halides is 1. The fraction of sp³-hybridized carbons (Fsp3) is 0.462. The Balaban J connectivity index is 2.02. The summed E-state index contributed by atoms with van der Waals surface area (Å²) in [4.78, 5) is 14.1. The maximum absolute atomic E-state index is 12.2. The smallest absolute Gasteiger partial charge is 0.253 e. The molecule has 92 valence electrons. The Hall–Kier alpha value is -0.730. The third-order valence-electron chi connectivity index (χ3n) is 3.16. The van der Waals surface area contributed by atoms with Gasteiger partial charge < -0.3 is 4.90 Å². The lowest BCUT2D eigenvalue weighted by molar-refractivity contribution is 0.0787. The molecule has 2 nitrogen and oxygen atoms in total. The molecule has 2 rings (SSSR count). The van der Waals surface area contributed by atoms with Crippen LogP contribution in [0.1, 0.15) is 23.2 Å². The first-order valence-corrected chi connectivity index (χ1v) is 6.73. The molecule has 1 fully saturated rings. The van der Waals surface area contributed by atoms with Crippen molar-refractivity contribution in [3.05, 3.63) is 34.9 Å². The minimum atomic E-state index is 0.0737. The highest BCUT2D eigenvalue weighted by Crippen LogP contribution is 2.22. The number of likely N-dealkylation sites (tertiary alicyclic amines) is 1. The largest absolute Gasteiger partial charge is 0.338 e. The molecule has 0 bridgehead atoms. The van der Waals surface area contributed by atoms with Crippen molar-refractivity contribution in [1.29, 1.82) is 0 Å². The molecule has 17 heavy (non-hydrogen) atoms. The predicted molar refractivity (Wildman–Crippen MR) is 70.8 cm³/mol. The van der Waals surface area contributed by atoms with Crippen molar-refractivity contribution in [2.24, 2.45) is 5.92 Å². The number of nitrogens with zero attached hydrogens (tertiary/aromatic N) is 1. The molecule has 0 spiro atoms. The van der Waals surface area contributed by atoms with Crippen LogP contribution in [0.15, 0.2) is 24.3 Å². The molecule has 0 N–H and O–H groups in total. The Morgan fingerprint density at radius 3 is 3.00 bits per heavy atom. The molecule has 0 radical (unpaired) electrons. The van der Waals surface area contributed by atoms with Crippen LogP contribution in [0, 0.1) is 5.92 Å². The molecule has 1 aliphatic rings. The molecule has 1 saturated heterocycles. The molecule has 0 aromatic heterocycles. The second-order valence-corrected chi connectivity index (χ2v) is 5.21. The Morgan fingerprint density at radius 1 is 1.47 bits per heavy atom. The summed E-state index contributed by atoms with van der Waals surface area (Å²) in [6.07, 6.45) is 2.04. The minimum absolute atomic E-state index is 0.0737. The summed E-state index contributed by atoms with van der Waals surface area (Å²) in [5.74, 6) is 1.30. The summed E-state index contributed by atoms with van der Waals surface area (Å²) in [6.45, 7) is 1.64. The summed E-state index contributed by atoms with van der Waals surface area (Å²) in [7, 11) is 0. The average molecular weight is 272 g/mol. The first-order valence-electron chi connectivity index (χ1n) is 5.81. The van der Waals surface area contributed by atoms with Gasteiger partial charge in [0.15, 0.2) is 0 Å². The zero-order chi connectivity index (χ0) is 12.3. The molecule has 0 aliphatic carbocycles. The van der Waals surface area contributed by atoms with Crippen molar-refractivity contribution in [3.8, 4) is 0 Å². The second kappa shape index (κ2) is 5.74. The lowest BCUT2D eigenvalue weighted by Crippen LogP contribution is -2.28. The number of hydrogen-bond acceptors (Lipinski definition) is 1. The number of rotatable bonds is 3. The van der Waals surface area contributed by atoms with E-state index in [-0.39, 0.29) is 5.91 Å². The molecule has 1 heterocycles. The van der Waals surface area contributed by atoms with Gasteiger partial charge in [0, 0.05) is 29.6 Å². The fourth-order valence-corrected chi connectivity index (χ4v) is 2.71. The highest BCUT2D eigenvalue weighted by atomic mass is 35.5. The number of hydrogen-bond donors (Lipinski definition) is 0. The van der Waals surface area contributed by atoms with E-state index in [0.717, 1.165) is 25.9 Å². The Kier molecular flexibility index (Phi) is 4.30. The van der Waals surface area contributed by atoms with Crippen molar-refractivity contribution in [1.82, 2.24) is 4.90 Å². The van der Waals surface area contributed by atoms with Gasteiger partial charge in [0.25, 0.3) is 5.91 Å². The third-order valence-corrected chi connectivity index (χ3v) is 3.62. The first-order chi connectivity index (χ1) is 8.20. The van der Waals surface area contributed by atoms with Gasteiger partial charge >= 0.3 is 0 Å². The molecule has 0 saturated carbocycles. The molecule has 1 atom stereocenters. The number of benzene rings is 1. The monoisotopic (exact) mass is 271 g/mol. The van der Waals surface area contributed by atoms with Gasteiger partial charge in [-0.3, -0.25) is 4.79 Å². The highest BCUT2D eigenvalue weighted by molar-refractivity contribution is 6.30. The number of halogens is 2. The Labute approximate surface area is 112 Å². The van der Waals surface area contributed by atoms with Gasteiger partial charge in [-0.15, -0.1) is 11.6 Å². The van der Waals surface area contributed by atoms with E-state index in [2.05, 4.69) is 0 Å². The van der Waals surface area contributed by atoms with Crippen LogP contribution in [0.2, 0.25) is 5.02 Å². The van der Waals surface area contributed by atoms with E-state index in [1.807, 2.05) is 17.0 Å². The van der Waals surface area contributed by atoms with Crippen LogP contribution >= 0.6 is 23.2 Å². The van der Waals surface area contributed by atoms with Crippen molar-refractivity contribution in [3.63, 3.8) is 0 Å². The molecule has 1 unspecified atom stereocenters. The van der Waals surface area contributed by atoms with Crippen LogP contribution in [0.4, 0.5) is 0 Å². The summed E-state index contributed by atoms with van der Waals surface area (Å²) >= 11 is 11.6. The number of carbonyl (C=O) groups is 1. The quantitative estimate of drug-likeness (QED) is 0.772. The lowest BCUT2D eigenvalue weighted by atomic mass is 10.1. The van der Waals surface area contributed by atoms with Gasteiger partial charge in [-0.2, -0.15) is 0 Å². The molecule has 4 heteroatoms. The summed E-state index contributed by atoms with van der Waals surface area (Å²) in [5.41, 5.74) is 0.670. The summed E-state index contributed by atoms with van der Waals surface area (Å²) in [6, 6.07) is 7.11. The van der Waals surface area contributed by atoms with E-state index >= 15 is 0 Å². The number of carbonyl (C=O) groups excluding carboxylic acids is 1. The normalized spacial score (nSPS) is 19.6. The molecule has 1 aromatic rings. The van der Waals surface area contributed by atoms with Gasteiger partial charge in [0.05, 0.1) is 0 Å². The molecule has 1 amide bonds. The maximum Gasteiger partial charge on any atom is 0.253 e. The van der Waals surface area contributed by atoms with Crippen LogP contribution in [0.3, 0.4) is 0 Å². The lowest BCUT2D eigenvalue weighted by Gasteiger charge is -2.16. The van der Waals surface area contributed by atoms with Crippen LogP contribution < -0.4 is 0 Å². The minimum Gasteiger partial charge on any atom is -0.338 e. The standard InChI is InChI=1S/C13H15Cl2NO/c14-6-4-10-5-7-16(9-10)13(17)11-2-1-3-12(15)8-11/h1-3,8,10H,4-7,9H2. The van der Waals surface area contributed by atoms with Crippen molar-refractivity contribution < 1.29 is 4.79 Å². The van der Waals surface area contributed by atoms with E-state index in [1.54, 1.807) is 12.1 Å². The summed E-state index contributed by atoms with van der Waals surface area (Å²) in [5, 5.41) is 0.604. The molecule has 1 aliphatic heterocycles. The molecular formula is C13H15Cl2NO.